The molecule has 72 valence electrons. The smallest absolute Gasteiger partial charge is 0.115 e. The zero-order valence-corrected chi connectivity index (χ0v) is 8.59. The van der Waals surface area contributed by atoms with Crippen LogP contribution in [0.15, 0.2) is 24.3 Å². The summed E-state index contributed by atoms with van der Waals surface area (Å²) in [6.45, 7) is 2.01. The Morgan fingerprint density at radius 1 is 1.31 bits per heavy atom. The van der Waals surface area contributed by atoms with Crippen molar-refractivity contribution < 1.29 is 5.11 Å². The van der Waals surface area contributed by atoms with Crippen LogP contribution in [0.2, 0.25) is 0 Å². The lowest BCUT2D eigenvalue weighted by Gasteiger charge is -2.03. The first-order valence-electron chi connectivity index (χ1n) is 4.60. The zero-order valence-electron chi connectivity index (χ0n) is 7.83. The molecule has 1 unspecified atom stereocenters. The minimum absolute atomic E-state index is 0.261. The largest absolute Gasteiger partial charge is 0.508 e. The molecule has 0 spiro atoms. The number of alkyl halides is 1. The fraction of sp³-hybridized carbons (Fsp3) is 0.455. The number of halogens is 1. The molecule has 0 heterocycles. The van der Waals surface area contributed by atoms with E-state index in [4.69, 9.17) is 16.7 Å². The van der Waals surface area contributed by atoms with Gasteiger partial charge in [0.2, 0.25) is 0 Å². The number of rotatable bonds is 4. The van der Waals surface area contributed by atoms with E-state index in [2.05, 4.69) is 0 Å². The molecule has 0 radical (unpaired) electrons. The molecule has 1 N–H and O–H groups in total. The van der Waals surface area contributed by atoms with Crippen molar-refractivity contribution in [2.75, 3.05) is 0 Å². The first kappa shape index (κ1) is 10.4. The number of benzene rings is 1. The highest BCUT2D eigenvalue weighted by Gasteiger charge is 1.97. The van der Waals surface area contributed by atoms with Crippen molar-refractivity contribution in [3.63, 3.8) is 0 Å². The number of aryl methyl sites for hydroxylation is 1. The Labute approximate surface area is 84.4 Å². The predicted octanol–water partition coefficient (Wildman–Crippen LogP) is 3.34. The molecule has 1 nitrogen and oxygen atoms in total. The average Bonchev–Trinajstić information content (AvgIpc) is 2.08. The van der Waals surface area contributed by atoms with Crippen LogP contribution in [0.1, 0.15) is 25.3 Å². The fourth-order valence-corrected chi connectivity index (χ4v) is 1.40. The molecule has 0 aromatic heterocycles. The van der Waals surface area contributed by atoms with Crippen LogP contribution in [0.5, 0.6) is 5.75 Å². The minimum atomic E-state index is 0.261. The normalized spacial score (nSPS) is 12.8. The van der Waals surface area contributed by atoms with Crippen molar-refractivity contribution >= 4 is 11.6 Å². The summed E-state index contributed by atoms with van der Waals surface area (Å²) >= 11 is 5.83. The number of phenolic OH excluding ortho intramolecular Hbond substituents is 1. The number of phenols is 1. The molecule has 0 saturated heterocycles. The third-order valence-electron chi connectivity index (χ3n) is 2.00. The Balaban J connectivity index is 2.33. The summed E-state index contributed by atoms with van der Waals surface area (Å²) in [5, 5.41) is 9.31. The van der Waals surface area contributed by atoms with E-state index in [-0.39, 0.29) is 5.38 Å². The molecule has 0 saturated carbocycles. The van der Waals surface area contributed by atoms with Gasteiger partial charge in [-0.15, -0.1) is 11.6 Å². The van der Waals surface area contributed by atoms with Gasteiger partial charge in [-0.2, -0.15) is 0 Å². The maximum absolute atomic E-state index is 9.05. The lowest BCUT2D eigenvalue weighted by Crippen LogP contribution is -1.92. The first-order valence-corrected chi connectivity index (χ1v) is 5.04. The molecule has 1 aromatic carbocycles. The standard InChI is InChI=1S/C11H15ClO/c1-9(12)3-2-4-10-5-7-11(13)8-6-10/h5-9,13H,2-4H2,1H3. The molecule has 2 heteroatoms. The monoisotopic (exact) mass is 198 g/mol. The maximum atomic E-state index is 9.05. The molecule has 0 bridgehead atoms. The highest BCUT2D eigenvalue weighted by Crippen LogP contribution is 2.13. The summed E-state index contributed by atoms with van der Waals surface area (Å²) in [4.78, 5) is 0. The van der Waals surface area contributed by atoms with Gasteiger partial charge in [0.15, 0.2) is 0 Å². The van der Waals surface area contributed by atoms with Gasteiger partial charge in [0, 0.05) is 5.38 Å². The van der Waals surface area contributed by atoms with Gasteiger partial charge in [-0.05, 0) is 43.9 Å². The van der Waals surface area contributed by atoms with Gasteiger partial charge in [0.1, 0.15) is 5.75 Å². The molecule has 1 rings (SSSR count). The Hall–Kier alpha value is -0.690. The number of aromatic hydroxyl groups is 1. The molecule has 0 amide bonds. The van der Waals surface area contributed by atoms with Crippen LogP contribution in [0.25, 0.3) is 0 Å². The van der Waals surface area contributed by atoms with Gasteiger partial charge in [-0.3, -0.25) is 0 Å². The van der Waals surface area contributed by atoms with Crippen LogP contribution in [-0.4, -0.2) is 10.5 Å². The minimum Gasteiger partial charge on any atom is -0.508 e. The van der Waals surface area contributed by atoms with E-state index in [0.29, 0.717) is 5.75 Å². The zero-order chi connectivity index (χ0) is 9.68. The molecule has 0 aliphatic rings. The fourth-order valence-electron chi connectivity index (χ4n) is 1.25. The summed E-state index contributed by atoms with van der Waals surface area (Å²) in [5.41, 5.74) is 1.26. The van der Waals surface area contributed by atoms with E-state index in [1.54, 1.807) is 12.1 Å². The quantitative estimate of drug-likeness (QED) is 0.736. The van der Waals surface area contributed by atoms with Crippen molar-refractivity contribution in [2.45, 2.75) is 31.6 Å². The maximum Gasteiger partial charge on any atom is 0.115 e. The van der Waals surface area contributed by atoms with E-state index in [0.717, 1.165) is 19.3 Å². The molecular formula is C11H15ClO. The first-order chi connectivity index (χ1) is 6.18. The van der Waals surface area contributed by atoms with Gasteiger partial charge in [0.25, 0.3) is 0 Å². The second-order valence-electron chi connectivity index (χ2n) is 3.34. The molecule has 0 aliphatic heterocycles. The van der Waals surface area contributed by atoms with Crippen LogP contribution in [0.3, 0.4) is 0 Å². The molecule has 1 atom stereocenters. The van der Waals surface area contributed by atoms with Gasteiger partial charge < -0.3 is 5.11 Å². The van der Waals surface area contributed by atoms with E-state index in [1.807, 2.05) is 19.1 Å². The van der Waals surface area contributed by atoms with E-state index < -0.39 is 0 Å². The Kier molecular flexibility index (Phi) is 4.10. The van der Waals surface area contributed by atoms with E-state index in [1.165, 1.54) is 5.56 Å². The Morgan fingerprint density at radius 3 is 2.46 bits per heavy atom. The SMILES string of the molecule is CC(Cl)CCCc1ccc(O)cc1. The summed E-state index contributed by atoms with van der Waals surface area (Å²) in [6.07, 6.45) is 3.19. The second kappa shape index (κ2) is 5.13. The lowest BCUT2D eigenvalue weighted by atomic mass is 10.1. The number of hydrogen-bond donors (Lipinski definition) is 1. The van der Waals surface area contributed by atoms with Crippen LogP contribution in [-0.2, 0) is 6.42 Å². The van der Waals surface area contributed by atoms with Crippen molar-refractivity contribution in [2.24, 2.45) is 0 Å². The van der Waals surface area contributed by atoms with Crippen LogP contribution in [0, 0.1) is 0 Å². The van der Waals surface area contributed by atoms with Crippen LogP contribution >= 0.6 is 11.6 Å². The average molecular weight is 199 g/mol. The number of hydrogen-bond acceptors (Lipinski definition) is 1. The molecule has 1 aromatic rings. The van der Waals surface area contributed by atoms with E-state index >= 15 is 0 Å². The van der Waals surface area contributed by atoms with Crippen LogP contribution < -0.4 is 0 Å². The predicted molar refractivity (Wildman–Crippen MR) is 56.4 cm³/mol. The third kappa shape index (κ3) is 4.18. The van der Waals surface area contributed by atoms with E-state index in [9.17, 15) is 0 Å². The molecule has 0 fully saturated rings. The molecule has 0 aliphatic carbocycles. The lowest BCUT2D eigenvalue weighted by molar-refractivity contribution is 0.475. The Bertz CT molecular complexity index is 241. The highest BCUT2D eigenvalue weighted by atomic mass is 35.5. The van der Waals surface area contributed by atoms with Crippen molar-refractivity contribution in [3.8, 4) is 5.75 Å². The van der Waals surface area contributed by atoms with Crippen molar-refractivity contribution in [1.29, 1.82) is 0 Å². The molecular weight excluding hydrogens is 184 g/mol. The van der Waals surface area contributed by atoms with Gasteiger partial charge >= 0.3 is 0 Å². The van der Waals surface area contributed by atoms with Gasteiger partial charge in [-0.1, -0.05) is 12.1 Å². The van der Waals surface area contributed by atoms with Gasteiger partial charge in [0.05, 0.1) is 0 Å². The molecule has 13 heavy (non-hydrogen) atoms. The third-order valence-corrected chi connectivity index (χ3v) is 2.22. The summed E-state index contributed by atoms with van der Waals surface area (Å²) < 4.78 is 0. The second-order valence-corrected chi connectivity index (χ2v) is 4.08. The summed E-state index contributed by atoms with van der Waals surface area (Å²) in [7, 11) is 0. The van der Waals surface area contributed by atoms with Crippen molar-refractivity contribution in [1.82, 2.24) is 0 Å². The highest BCUT2D eigenvalue weighted by molar-refractivity contribution is 6.20. The topological polar surface area (TPSA) is 20.2 Å². The van der Waals surface area contributed by atoms with Crippen LogP contribution in [0.4, 0.5) is 0 Å². The van der Waals surface area contributed by atoms with Crippen molar-refractivity contribution in [3.05, 3.63) is 29.8 Å². The summed E-state index contributed by atoms with van der Waals surface area (Å²) in [5.74, 6) is 0.328. The Morgan fingerprint density at radius 2 is 1.92 bits per heavy atom. The summed E-state index contributed by atoms with van der Waals surface area (Å²) in [6, 6.07) is 7.35. The van der Waals surface area contributed by atoms with Gasteiger partial charge in [-0.25, -0.2) is 0 Å².